The number of nitrogens with one attached hydrogen (secondary N) is 1. The van der Waals surface area contributed by atoms with E-state index in [0.717, 1.165) is 31.1 Å². The molecule has 1 aliphatic heterocycles. The molecule has 5 nitrogen and oxygen atoms in total. The molecule has 1 atom stereocenters. The monoisotopic (exact) mass is 283 g/mol. The number of hydrogen-bond donors (Lipinski definition) is 1. The molecule has 2 rings (SSSR count). The normalized spacial score (nSPS) is 20.2. The molecule has 6 heteroatoms. The zero-order chi connectivity index (χ0) is 13.9. The summed E-state index contributed by atoms with van der Waals surface area (Å²) in [5, 5.41) is 5.94. The first-order valence-electron chi connectivity index (χ1n) is 6.58. The summed E-state index contributed by atoms with van der Waals surface area (Å²) < 4.78 is 5.28. The van der Waals surface area contributed by atoms with E-state index in [1.165, 1.54) is 0 Å². The molecule has 19 heavy (non-hydrogen) atoms. The van der Waals surface area contributed by atoms with E-state index in [-0.39, 0.29) is 12.1 Å². The predicted molar refractivity (Wildman–Crippen MR) is 76.7 cm³/mol. The molecular formula is C13H21N3O2S. The fourth-order valence-corrected chi connectivity index (χ4v) is 2.80. The van der Waals surface area contributed by atoms with Gasteiger partial charge >= 0.3 is 6.09 Å². The van der Waals surface area contributed by atoms with Crippen LogP contribution >= 0.6 is 11.3 Å². The van der Waals surface area contributed by atoms with Gasteiger partial charge < -0.3 is 15.0 Å². The van der Waals surface area contributed by atoms with Gasteiger partial charge in [0.25, 0.3) is 0 Å². The lowest BCUT2D eigenvalue weighted by atomic mass is 10.1. The average Bonchev–Trinajstić information content (AvgIpc) is 2.79. The number of thiazole rings is 1. The SMILES string of the molecule is CC(C)(C)OC(=O)N[C@@H]1CCCN(c2nccs2)C1. The van der Waals surface area contributed by atoms with Crippen molar-refractivity contribution >= 4 is 22.6 Å². The first-order valence-corrected chi connectivity index (χ1v) is 7.46. The summed E-state index contributed by atoms with van der Waals surface area (Å²) in [7, 11) is 0. The van der Waals surface area contributed by atoms with Gasteiger partial charge in [0.1, 0.15) is 5.60 Å². The van der Waals surface area contributed by atoms with E-state index in [1.807, 2.05) is 32.3 Å². The Bertz CT molecular complexity index is 414. The summed E-state index contributed by atoms with van der Waals surface area (Å²) in [5.41, 5.74) is -0.451. The Balaban J connectivity index is 1.86. The number of ether oxygens (including phenoxy) is 1. The zero-order valence-corrected chi connectivity index (χ0v) is 12.5. The van der Waals surface area contributed by atoms with Gasteiger partial charge in [0.15, 0.2) is 5.13 Å². The third-order valence-corrected chi connectivity index (χ3v) is 3.66. The Morgan fingerprint density at radius 1 is 1.58 bits per heavy atom. The van der Waals surface area contributed by atoms with Gasteiger partial charge in [0.05, 0.1) is 0 Å². The Morgan fingerprint density at radius 2 is 2.37 bits per heavy atom. The minimum atomic E-state index is -0.451. The first kappa shape index (κ1) is 14.1. The maximum Gasteiger partial charge on any atom is 0.407 e. The number of piperidine rings is 1. The van der Waals surface area contributed by atoms with Crippen LogP contribution in [0.15, 0.2) is 11.6 Å². The van der Waals surface area contributed by atoms with Crippen LogP contribution < -0.4 is 10.2 Å². The number of alkyl carbamates (subject to hydrolysis) is 1. The van der Waals surface area contributed by atoms with Crippen LogP contribution in [-0.2, 0) is 4.74 Å². The number of hydrogen-bond acceptors (Lipinski definition) is 5. The van der Waals surface area contributed by atoms with Crippen molar-refractivity contribution in [1.82, 2.24) is 10.3 Å². The van der Waals surface area contributed by atoms with Crippen molar-refractivity contribution < 1.29 is 9.53 Å². The third kappa shape index (κ3) is 4.38. The van der Waals surface area contributed by atoms with E-state index in [2.05, 4.69) is 15.2 Å². The second-order valence-corrected chi connectivity index (χ2v) is 6.62. The van der Waals surface area contributed by atoms with Crippen molar-refractivity contribution in [2.75, 3.05) is 18.0 Å². The number of carbonyl (C=O) groups excluding carboxylic acids is 1. The highest BCUT2D eigenvalue weighted by Gasteiger charge is 2.25. The number of amides is 1. The Labute approximate surface area is 118 Å². The van der Waals surface area contributed by atoms with Crippen molar-refractivity contribution in [1.29, 1.82) is 0 Å². The molecule has 0 aliphatic carbocycles. The predicted octanol–water partition coefficient (Wildman–Crippen LogP) is 2.64. The van der Waals surface area contributed by atoms with E-state index >= 15 is 0 Å². The van der Waals surface area contributed by atoms with Crippen molar-refractivity contribution in [3.63, 3.8) is 0 Å². The molecule has 0 aromatic carbocycles. The molecule has 0 radical (unpaired) electrons. The van der Waals surface area contributed by atoms with Gasteiger partial charge in [0.2, 0.25) is 0 Å². The molecule has 2 heterocycles. The quantitative estimate of drug-likeness (QED) is 0.906. The molecule has 1 aromatic rings. The summed E-state index contributed by atoms with van der Waals surface area (Å²) in [6.07, 6.45) is 3.52. The van der Waals surface area contributed by atoms with E-state index in [0.29, 0.717) is 0 Å². The van der Waals surface area contributed by atoms with E-state index < -0.39 is 5.60 Å². The molecule has 1 amide bonds. The average molecular weight is 283 g/mol. The Hall–Kier alpha value is -1.30. The van der Waals surface area contributed by atoms with Gasteiger partial charge in [-0.1, -0.05) is 0 Å². The summed E-state index contributed by atoms with van der Waals surface area (Å²) in [5.74, 6) is 0. The second-order valence-electron chi connectivity index (χ2n) is 5.75. The topological polar surface area (TPSA) is 54.5 Å². The molecule has 0 unspecified atom stereocenters. The summed E-state index contributed by atoms with van der Waals surface area (Å²) in [6, 6.07) is 0.132. The smallest absolute Gasteiger partial charge is 0.407 e. The van der Waals surface area contributed by atoms with Crippen LogP contribution in [0, 0.1) is 0 Å². The van der Waals surface area contributed by atoms with Gasteiger partial charge in [0, 0.05) is 30.7 Å². The lowest BCUT2D eigenvalue weighted by Gasteiger charge is -2.33. The van der Waals surface area contributed by atoms with Crippen molar-refractivity contribution in [3.8, 4) is 0 Å². The molecule has 1 aromatic heterocycles. The number of aromatic nitrogens is 1. The highest BCUT2D eigenvalue weighted by atomic mass is 32.1. The molecule has 106 valence electrons. The fraction of sp³-hybridized carbons (Fsp3) is 0.692. The third-order valence-electron chi connectivity index (χ3n) is 2.83. The minimum absolute atomic E-state index is 0.132. The molecule has 1 aliphatic rings. The van der Waals surface area contributed by atoms with E-state index in [9.17, 15) is 4.79 Å². The number of nitrogens with zero attached hydrogens (tertiary/aromatic N) is 2. The molecule has 1 N–H and O–H groups in total. The van der Waals surface area contributed by atoms with Gasteiger partial charge in [-0.15, -0.1) is 11.3 Å². The number of anilines is 1. The number of carbonyl (C=O) groups is 1. The van der Waals surface area contributed by atoms with Gasteiger partial charge in [-0.3, -0.25) is 0 Å². The maximum absolute atomic E-state index is 11.8. The van der Waals surface area contributed by atoms with Gasteiger partial charge in [-0.2, -0.15) is 0 Å². The largest absolute Gasteiger partial charge is 0.444 e. The summed E-state index contributed by atoms with van der Waals surface area (Å²) in [6.45, 7) is 7.41. The summed E-state index contributed by atoms with van der Waals surface area (Å²) >= 11 is 1.63. The lowest BCUT2D eigenvalue weighted by Crippen LogP contribution is -2.49. The van der Waals surface area contributed by atoms with Crippen molar-refractivity contribution in [2.45, 2.75) is 45.3 Å². The van der Waals surface area contributed by atoms with Crippen molar-refractivity contribution in [3.05, 3.63) is 11.6 Å². The Morgan fingerprint density at radius 3 is 3.00 bits per heavy atom. The van der Waals surface area contributed by atoms with Crippen molar-refractivity contribution in [2.24, 2.45) is 0 Å². The highest BCUT2D eigenvalue weighted by Crippen LogP contribution is 2.22. The zero-order valence-electron chi connectivity index (χ0n) is 11.7. The first-order chi connectivity index (χ1) is 8.94. The van der Waals surface area contributed by atoms with Crippen LogP contribution in [0.2, 0.25) is 0 Å². The van der Waals surface area contributed by atoms with E-state index in [4.69, 9.17) is 4.74 Å². The van der Waals surface area contributed by atoms with Gasteiger partial charge in [-0.25, -0.2) is 9.78 Å². The molecule has 1 saturated heterocycles. The molecule has 1 fully saturated rings. The second kappa shape index (κ2) is 5.77. The highest BCUT2D eigenvalue weighted by molar-refractivity contribution is 7.13. The molecule has 0 saturated carbocycles. The van der Waals surface area contributed by atoms with Crippen LogP contribution in [0.4, 0.5) is 9.93 Å². The molecule has 0 bridgehead atoms. The van der Waals surface area contributed by atoms with E-state index in [1.54, 1.807) is 11.3 Å². The molecular weight excluding hydrogens is 262 g/mol. The van der Waals surface area contributed by atoms with Crippen LogP contribution in [0.5, 0.6) is 0 Å². The minimum Gasteiger partial charge on any atom is -0.444 e. The van der Waals surface area contributed by atoms with Gasteiger partial charge in [-0.05, 0) is 33.6 Å². The van der Waals surface area contributed by atoms with Crippen LogP contribution in [0.25, 0.3) is 0 Å². The number of rotatable bonds is 2. The van der Waals surface area contributed by atoms with Crippen LogP contribution in [0.1, 0.15) is 33.6 Å². The molecule has 0 spiro atoms. The van der Waals surface area contributed by atoms with Crippen LogP contribution in [0.3, 0.4) is 0 Å². The lowest BCUT2D eigenvalue weighted by molar-refractivity contribution is 0.0500. The Kier molecular flexibility index (Phi) is 4.29. The summed E-state index contributed by atoms with van der Waals surface area (Å²) in [4.78, 5) is 18.3. The van der Waals surface area contributed by atoms with Crippen LogP contribution in [-0.4, -0.2) is 35.8 Å². The standard InChI is InChI=1S/C13H21N3O2S/c1-13(2,3)18-12(17)15-10-5-4-7-16(9-10)11-14-6-8-19-11/h6,8,10H,4-5,7,9H2,1-3H3,(H,15,17)/t10-/m1/s1. The maximum atomic E-state index is 11.8. The fourth-order valence-electron chi connectivity index (χ4n) is 2.12.